The van der Waals surface area contributed by atoms with E-state index in [2.05, 4.69) is 162 Å². The van der Waals surface area contributed by atoms with Gasteiger partial charge in [0.05, 0.1) is 16.6 Å². The lowest BCUT2D eigenvalue weighted by Gasteiger charge is -2.26. The maximum absolute atomic E-state index is 4.71. The number of anilines is 3. The van der Waals surface area contributed by atoms with E-state index in [0.717, 1.165) is 94.3 Å². The van der Waals surface area contributed by atoms with E-state index < -0.39 is 0 Å². The van der Waals surface area contributed by atoms with Crippen molar-refractivity contribution in [3.63, 3.8) is 0 Å². The molecule has 0 saturated carbocycles. The molecule has 4 nitrogen and oxygen atoms in total. The Morgan fingerprint density at radius 2 is 0.509 bits per heavy atom. The molecule has 0 radical (unpaired) electrons. The molecule has 55 heavy (non-hydrogen) atoms. The average molecular weight is 703 g/mol. The standard InChI is InChI=1S/C51H34N4/c1-4-10-49-40(7-1)29-43(32-52-49)37-15-13-35(14-16-37)36-17-23-46(24-18-36)55(47-25-19-38(20-26-47)44-30-41-8-2-5-11-50(41)53-33-44)48-27-21-39(22-28-48)45-31-42-9-3-6-12-51(42)54-34-45/h1-34H. The molecule has 0 bridgehead atoms. The topological polar surface area (TPSA) is 41.9 Å². The Balaban J connectivity index is 0.976. The Kier molecular flexibility index (Phi) is 8.12. The molecule has 4 heteroatoms. The van der Waals surface area contributed by atoms with Crippen LogP contribution in [0.5, 0.6) is 0 Å². The van der Waals surface area contributed by atoms with Crippen molar-refractivity contribution in [1.29, 1.82) is 0 Å². The molecule has 10 aromatic rings. The summed E-state index contributed by atoms with van der Waals surface area (Å²) in [4.78, 5) is 16.4. The van der Waals surface area contributed by atoms with Crippen molar-refractivity contribution in [3.8, 4) is 44.5 Å². The summed E-state index contributed by atoms with van der Waals surface area (Å²) in [5.74, 6) is 0. The molecule has 0 N–H and O–H groups in total. The lowest BCUT2D eigenvalue weighted by atomic mass is 10.00. The average Bonchev–Trinajstić information content (AvgIpc) is 3.27. The number of hydrogen-bond acceptors (Lipinski definition) is 4. The molecule has 3 aromatic heterocycles. The Bertz CT molecular complexity index is 2830. The third kappa shape index (κ3) is 6.36. The van der Waals surface area contributed by atoms with Gasteiger partial charge < -0.3 is 4.90 Å². The van der Waals surface area contributed by atoms with Crippen LogP contribution in [0.4, 0.5) is 17.1 Å². The highest BCUT2D eigenvalue weighted by atomic mass is 15.1. The first-order chi connectivity index (χ1) is 27.2. The van der Waals surface area contributed by atoms with Crippen LogP contribution in [0.25, 0.3) is 77.2 Å². The van der Waals surface area contributed by atoms with Crippen LogP contribution >= 0.6 is 0 Å². The maximum atomic E-state index is 4.71. The molecule has 10 rings (SSSR count). The second-order valence-electron chi connectivity index (χ2n) is 13.8. The van der Waals surface area contributed by atoms with Crippen molar-refractivity contribution < 1.29 is 0 Å². The summed E-state index contributed by atoms with van der Waals surface area (Å²) >= 11 is 0. The van der Waals surface area contributed by atoms with Crippen molar-refractivity contribution in [1.82, 2.24) is 15.0 Å². The van der Waals surface area contributed by atoms with Crippen LogP contribution in [-0.4, -0.2) is 15.0 Å². The lowest BCUT2D eigenvalue weighted by molar-refractivity contribution is 1.28. The number of fused-ring (bicyclic) bond motifs is 3. The predicted molar refractivity (Wildman–Crippen MR) is 229 cm³/mol. The van der Waals surface area contributed by atoms with Gasteiger partial charge in [0.2, 0.25) is 0 Å². The van der Waals surface area contributed by atoms with E-state index >= 15 is 0 Å². The molecule has 0 amide bonds. The largest absolute Gasteiger partial charge is 0.311 e. The molecule has 0 aliphatic heterocycles. The number of rotatable bonds is 7. The van der Waals surface area contributed by atoms with Gasteiger partial charge >= 0.3 is 0 Å². The molecule has 0 atom stereocenters. The summed E-state index contributed by atoms with van der Waals surface area (Å²) in [5, 5.41) is 3.41. The van der Waals surface area contributed by atoms with E-state index in [4.69, 9.17) is 9.97 Å². The van der Waals surface area contributed by atoms with Gasteiger partial charge in [-0.2, -0.15) is 0 Å². The second-order valence-corrected chi connectivity index (χ2v) is 13.8. The number of hydrogen-bond donors (Lipinski definition) is 0. The van der Waals surface area contributed by atoms with Gasteiger partial charge in [-0.25, -0.2) is 0 Å². The molecule has 0 unspecified atom stereocenters. The molecule has 0 spiro atoms. The Labute approximate surface area is 319 Å². The van der Waals surface area contributed by atoms with Crippen LogP contribution in [0, 0.1) is 0 Å². The first-order valence-corrected chi connectivity index (χ1v) is 18.5. The zero-order valence-electron chi connectivity index (χ0n) is 29.9. The minimum Gasteiger partial charge on any atom is -0.311 e. The van der Waals surface area contributed by atoms with Gasteiger partial charge in [-0.3, -0.25) is 15.0 Å². The molecular weight excluding hydrogens is 669 g/mol. The SMILES string of the molecule is c1ccc2ncc(-c3ccc(-c4ccc(N(c5ccc(-c6cnc7ccccc7c6)cc5)c5ccc(-c6cnc7ccccc7c6)cc5)cc4)cc3)cc2c1. The van der Waals surface area contributed by atoms with E-state index in [1.807, 2.05) is 55.0 Å². The van der Waals surface area contributed by atoms with Gasteiger partial charge in [-0.05, 0) is 101 Å². The van der Waals surface area contributed by atoms with Crippen LogP contribution in [-0.2, 0) is 0 Å². The van der Waals surface area contributed by atoms with Crippen molar-refractivity contribution >= 4 is 49.8 Å². The van der Waals surface area contributed by atoms with Crippen LogP contribution in [0.15, 0.2) is 207 Å². The van der Waals surface area contributed by atoms with Gasteiger partial charge in [-0.1, -0.05) is 115 Å². The highest BCUT2D eigenvalue weighted by Crippen LogP contribution is 2.38. The first kappa shape index (κ1) is 32.2. The lowest BCUT2D eigenvalue weighted by Crippen LogP contribution is -2.09. The van der Waals surface area contributed by atoms with E-state index in [9.17, 15) is 0 Å². The van der Waals surface area contributed by atoms with E-state index in [1.54, 1.807) is 0 Å². The summed E-state index contributed by atoms with van der Waals surface area (Å²) in [6.45, 7) is 0. The molecule has 0 aliphatic carbocycles. The van der Waals surface area contributed by atoms with Crippen LogP contribution in [0.2, 0.25) is 0 Å². The van der Waals surface area contributed by atoms with Crippen LogP contribution in [0.3, 0.4) is 0 Å². The molecule has 0 saturated heterocycles. The highest BCUT2D eigenvalue weighted by Gasteiger charge is 2.15. The summed E-state index contributed by atoms with van der Waals surface area (Å²) in [6.07, 6.45) is 5.87. The van der Waals surface area contributed by atoms with Crippen molar-refractivity contribution in [2.24, 2.45) is 0 Å². The quantitative estimate of drug-likeness (QED) is 0.166. The van der Waals surface area contributed by atoms with Crippen LogP contribution in [0.1, 0.15) is 0 Å². The second kappa shape index (κ2) is 13.8. The monoisotopic (exact) mass is 702 g/mol. The van der Waals surface area contributed by atoms with Crippen molar-refractivity contribution in [2.45, 2.75) is 0 Å². The van der Waals surface area contributed by atoms with Gasteiger partial charge in [0.15, 0.2) is 0 Å². The summed E-state index contributed by atoms with van der Waals surface area (Å²) in [6, 6.07) is 66.4. The third-order valence-electron chi connectivity index (χ3n) is 10.4. The number of nitrogens with zero attached hydrogens (tertiary/aromatic N) is 4. The molecule has 258 valence electrons. The summed E-state index contributed by atoms with van der Waals surface area (Å²) in [5.41, 5.74) is 15.2. The fourth-order valence-electron chi connectivity index (χ4n) is 7.40. The summed E-state index contributed by atoms with van der Waals surface area (Å²) < 4.78 is 0. The Hall–Kier alpha value is -7.43. The Morgan fingerprint density at radius 3 is 0.818 bits per heavy atom. The Morgan fingerprint density at radius 1 is 0.255 bits per heavy atom. The van der Waals surface area contributed by atoms with Crippen molar-refractivity contribution in [3.05, 3.63) is 207 Å². The minimum absolute atomic E-state index is 0.999. The van der Waals surface area contributed by atoms with Crippen LogP contribution < -0.4 is 4.90 Å². The molecule has 0 aliphatic rings. The predicted octanol–water partition coefficient (Wildman–Crippen LogP) is 13.5. The minimum atomic E-state index is 0.999. The zero-order valence-corrected chi connectivity index (χ0v) is 29.9. The van der Waals surface area contributed by atoms with E-state index in [0.29, 0.717) is 0 Å². The highest BCUT2D eigenvalue weighted by molar-refractivity contribution is 5.87. The third-order valence-corrected chi connectivity index (χ3v) is 10.4. The van der Waals surface area contributed by atoms with E-state index in [-0.39, 0.29) is 0 Å². The van der Waals surface area contributed by atoms with Crippen molar-refractivity contribution in [2.75, 3.05) is 4.90 Å². The number of para-hydroxylation sites is 3. The molecule has 0 fully saturated rings. The van der Waals surface area contributed by atoms with E-state index in [1.165, 1.54) is 0 Å². The number of pyridine rings is 3. The van der Waals surface area contributed by atoms with Gasteiger partial charge in [0.25, 0.3) is 0 Å². The fraction of sp³-hybridized carbons (Fsp3) is 0. The van der Waals surface area contributed by atoms with Gasteiger partial charge in [0.1, 0.15) is 0 Å². The van der Waals surface area contributed by atoms with Gasteiger partial charge in [-0.15, -0.1) is 0 Å². The smallest absolute Gasteiger partial charge is 0.0702 e. The first-order valence-electron chi connectivity index (χ1n) is 18.5. The van der Waals surface area contributed by atoms with Gasteiger partial charge in [0, 0.05) is 68.5 Å². The maximum Gasteiger partial charge on any atom is 0.0702 e. The number of benzene rings is 7. The molecule has 3 heterocycles. The summed E-state index contributed by atoms with van der Waals surface area (Å²) in [7, 11) is 0. The zero-order chi connectivity index (χ0) is 36.6. The molecular formula is C51H34N4. The number of aromatic nitrogens is 3. The fourth-order valence-corrected chi connectivity index (χ4v) is 7.40. The normalized spacial score (nSPS) is 11.3. The molecule has 7 aromatic carbocycles.